The van der Waals surface area contributed by atoms with Crippen molar-refractivity contribution in [1.29, 1.82) is 10.7 Å². The first-order chi connectivity index (χ1) is 12.0. The van der Waals surface area contributed by atoms with Crippen molar-refractivity contribution in [1.82, 2.24) is 0 Å². The number of hydrogen-bond acceptors (Lipinski definition) is 5. The maximum atomic E-state index is 12.5. The molecule has 0 atom stereocenters. The van der Waals surface area contributed by atoms with Crippen molar-refractivity contribution in [3.63, 3.8) is 0 Å². The third-order valence-electron chi connectivity index (χ3n) is 3.44. The summed E-state index contributed by atoms with van der Waals surface area (Å²) in [5, 5.41) is 22.7. The first-order valence-electron chi connectivity index (χ1n) is 7.62. The molecule has 7 heteroatoms. The van der Waals surface area contributed by atoms with Gasteiger partial charge >= 0.3 is 0 Å². The van der Waals surface area contributed by atoms with Crippen LogP contribution in [0.15, 0.2) is 53.6 Å². The number of nitriles is 1. The van der Waals surface area contributed by atoms with E-state index in [9.17, 15) is 4.79 Å². The van der Waals surface area contributed by atoms with E-state index in [1.807, 2.05) is 24.3 Å². The molecule has 126 valence electrons. The Kier molecular flexibility index (Phi) is 5.85. The number of para-hydroxylation sites is 1. The zero-order valence-corrected chi connectivity index (χ0v) is 13.7. The van der Waals surface area contributed by atoms with Gasteiger partial charge in [-0.1, -0.05) is 31.2 Å². The fourth-order valence-electron chi connectivity index (χ4n) is 2.06. The van der Waals surface area contributed by atoms with E-state index in [-0.39, 0.29) is 11.6 Å². The number of aryl methyl sites for hydroxylation is 1. The van der Waals surface area contributed by atoms with Crippen LogP contribution in [-0.4, -0.2) is 17.5 Å². The Morgan fingerprint density at radius 3 is 2.52 bits per heavy atom. The van der Waals surface area contributed by atoms with Gasteiger partial charge in [0, 0.05) is 5.69 Å². The summed E-state index contributed by atoms with van der Waals surface area (Å²) >= 11 is 0. The number of benzene rings is 2. The second-order valence-corrected chi connectivity index (χ2v) is 5.15. The SMILES string of the molecule is CCc1ccc(NC(=O)c2ccccc2N/N=C(\C#N)C(=N)N)cc1. The lowest BCUT2D eigenvalue weighted by Gasteiger charge is -2.10. The minimum Gasteiger partial charge on any atom is -0.382 e. The monoisotopic (exact) mass is 334 g/mol. The molecule has 0 radical (unpaired) electrons. The van der Waals surface area contributed by atoms with Gasteiger partial charge in [0.2, 0.25) is 5.71 Å². The van der Waals surface area contributed by atoms with Crippen LogP contribution >= 0.6 is 0 Å². The van der Waals surface area contributed by atoms with Crippen molar-refractivity contribution in [3.8, 4) is 6.07 Å². The van der Waals surface area contributed by atoms with E-state index in [1.54, 1.807) is 30.3 Å². The summed E-state index contributed by atoms with van der Waals surface area (Å²) in [5.41, 5.74) is 10.2. The Morgan fingerprint density at radius 2 is 1.92 bits per heavy atom. The van der Waals surface area contributed by atoms with Crippen LogP contribution < -0.4 is 16.5 Å². The van der Waals surface area contributed by atoms with E-state index >= 15 is 0 Å². The molecule has 0 spiro atoms. The van der Waals surface area contributed by atoms with Crippen LogP contribution in [0.1, 0.15) is 22.8 Å². The summed E-state index contributed by atoms with van der Waals surface area (Å²) in [4.78, 5) is 12.5. The highest BCUT2D eigenvalue weighted by molar-refractivity contribution is 6.45. The zero-order valence-electron chi connectivity index (χ0n) is 13.7. The van der Waals surface area contributed by atoms with Crippen LogP contribution in [0.3, 0.4) is 0 Å². The third kappa shape index (κ3) is 4.65. The maximum absolute atomic E-state index is 12.5. The molecule has 0 heterocycles. The van der Waals surface area contributed by atoms with E-state index in [2.05, 4.69) is 22.8 Å². The van der Waals surface area contributed by atoms with Crippen LogP contribution in [0, 0.1) is 16.7 Å². The van der Waals surface area contributed by atoms with E-state index < -0.39 is 5.84 Å². The standard InChI is InChI=1S/C18H18N6O/c1-2-12-7-9-13(10-8-12)22-18(25)14-5-3-4-6-15(14)23-24-16(11-19)17(20)21/h3-10,23H,2H2,1H3,(H3,20,21)(H,22,25)/b24-16+. The highest BCUT2D eigenvalue weighted by Crippen LogP contribution is 2.18. The van der Waals surface area contributed by atoms with Crippen LogP contribution in [0.5, 0.6) is 0 Å². The van der Waals surface area contributed by atoms with Crippen molar-refractivity contribution < 1.29 is 4.79 Å². The number of anilines is 2. The van der Waals surface area contributed by atoms with Crippen LogP contribution in [-0.2, 0) is 6.42 Å². The molecule has 0 unspecified atom stereocenters. The molecule has 0 aliphatic heterocycles. The molecule has 7 nitrogen and oxygen atoms in total. The van der Waals surface area contributed by atoms with Gasteiger partial charge in [0.05, 0.1) is 11.3 Å². The highest BCUT2D eigenvalue weighted by atomic mass is 16.1. The minimum absolute atomic E-state index is 0.259. The first-order valence-corrected chi connectivity index (χ1v) is 7.62. The van der Waals surface area contributed by atoms with Crippen LogP contribution in [0.25, 0.3) is 0 Å². The Balaban J connectivity index is 2.20. The predicted molar refractivity (Wildman–Crippen MR) is 98.8 cm³/mol. The van der Waals surface area contributed by atoms with Crippen molar-refractivity contribution in [2.75, 3.05) is 10.7 Å². The van der Waals surface area contributed by atoms with Gasteiger partial charge in [-0.2, -0.15) is 10.4 Å². The van der Waals surface area contributed by atoms with Crippen LogP contribution in [0.2, 0.25) is 0 Å². The zero-order chi connectivity index (χ0) is 18.2. The normalized spacial score (nSPS) is 10.6. The van der Waals surface area contributed by atoms with Crippen LogP contribution in [0.4, 0.5) is 11.4 Å². The summed E-state index contributed by atoms with van der Waals surface area (Å²) in [7, 11) is 0. The van der Waals surface area contributed by atoms with Gasteiger partial charge in [-0.3, -0.25) is 15.6 Å². The molecule has 0 saturated carbocycles. The number of hydrogen-bond donors (Lipinski definition) is 4. The van der Waals surface area contributed by atoms with Gasteiger partial charge in [0.1, 0.15) is 6.07 Å². The second-order valence-electron chi connectivity index (χ2n) is 5.15. The number of carbonyl (C=O) groups excluding carboxylic acids is 1. The molecule has 25 heavy (non-hydrogen) atoms. The predicted octanol–water partition coefficient (Wildman–Crippen LogP) is 2.73. The molecule has 5 N–H and O–H groups in total. The molecule has 2 aromatic carbocycles. The molecule has 0 aliphatic carbocycles. The van der Waals surface area contributed by atoms with Gasteiger partial charge in [-0.25, -0.2) is 0 Å². The molecule has 0 fully saturated rings. The maximum Gasteiger partial charge on any atom is 0.257 e. The van der Waals surface area contributed by atoms with Gasteiger partial charge in [-0.15, -0.1) is 0 Å². The van der Waals surface area contributed by atoms with Crippen molar-refractivity contribution >= 4 is 28.8 Å². The summed E-state index contributed by atoms with van der Waals surface area (Å²) < 4.78 is 0. The lowest BCUT2D eigenvalue weighted by molar-refractivity contribution is 0.102. The Bertz CT molecular complexity index is 849. The van der Waals surface area contributed by atoms with E-state index in [0.29, 0.717) is 16.9 Å². The fraction of sp³-hybridized carbons (Fsp3) is 0.111. The average molecular weight is 334 g/mol. The molecule has 0 aliphatic rings. The lowest BCUT2D eigenvalue weighted by Crippen LogP contribution is -2.22. The van der Waals surface area contributed by atoms with E-state index in [4.69, 9.17) is 16.4 Å². The number of nitrogens with one attached hydrogen (secondary N) is 3. The molecule has 2 aromatic rings. The Labute approximate surface area is 145 Å². The number of nitrogens with zero attached hydrogens (tertiary/aromatic N) is 2. The van der Waals surface area contributed by atoms with Gasteiger partial charge in [0.15, 0.2) is 5.84 Å². The van der Waals surface area contributed by atoms with Crippen molar-refractivity contribution in [3.05, 3.63) is 59.7 Å². The third-order valence-corrected chi connectivity index (χ3v) is 3.44. The molecule has 0 saturated heterocycles. The van der Waals surface area contributed by atoms with E-state index in [0.717, 1.165) is 6.42 Å². The number of amidine groups is 1. The minimum atomic E-state index is -0.451. The molecular formula is C18H18N6O. The van der Waals surface area contributed by atoms with Crippen molar-refractivity contribution in [2.24, 2.45) is 10.8 Å². The summed E-state index contributed by atoms with van der Waals surface area (Å²) in [6.07, 6.45) is 0.927. The summed E-state index contributed by atoms with van der Waals surface area (Å²) in [5.74, 6) is -0.767. The summed E-state index contributed by atoms with van der Waals surface area (Å²) in [6, 6.07) is 16.0. The van der Waals surface area contributed by atoms with Crippen molar-refractivity contribution in [2.45, 2.75) is 13.3 Å². The fourth-order valence-corrected chi connectivity index (χ4v) is 2.06. The number of carbonyl (C=O) groups is 1. The smallest absolute Gasteiger partial charge is 0.257 e. The molecule has 2 rings (SSSR count). The number of nitrogens with two attached hydrogens (primary N) is 1. The number of rotatable bonds is 6. The topological polar surface area (TPSA) is 127 Å². The first kappa shape index (κ1) is 17.7. The van der Waals surface area contributed by atoms with Gasteiger partial charge in [-0.05, 0) is 36.2 Å². The summed E-state index contributed by atoms with van der Waals surface area (Å²) in [6.45, 7) is 2.06. The highest BCUT2D eigenvalue weighted by Gasteiger charge is 2.11. The molecule has 0 bridgehead atoms. The second kappa shape index (κ2) is 8.26. The molecular weight excluding hydrogens is 316 g/mol. The van der Waals surface area contributed by atoms with Gasteiger partial charge in [0.25, 0.3) is 5.91 Å². The number of amides is 1. The molecule has 1 amide bonds. The largest absolute Gasteiger partial charge is 0.382 e. The van der Waals surface area contributed by atoms with E-state index in [1.165, 1.54) is 5.56 Å². The molecule has 0 aromatic heterocycles. The lowest BCUT2D eigenvalue weighted by atomic mass is 10.1. The average Bonchev–Trinajstić information content (AvgIpc) is 2.63. The number of hydrazone groups is 1. The van der Waals surface area contributed by atoms with Gasteiger partial charge < -0.3 is 11.1 Å². The Hall–Kier alpha value is -3.66. The quantitative estimate of drug-likeness (QED) is 0.368. The Morgan fingerprint density at radius 1 is 1.24 bits per heavy atom.